The SMILES string of the molecule is CCC(N)C(Oc1ccccc1C(N)=O)c1cccnc1. The highest BCUT2D eigenvalue weighted by Crippen LogP contribution is 2.27. The Bertz CT molecular complexity index is 601. The van der Waals surface area contributed by atoms with Crippen LogP contribution in [0.5, 0.6) is 5.75 Å². The van der Waals surface area contributed by atoms with Crippen LogP contribution >= 0.6 is 0 Å². The molecule has 0 fully saturated rings. The first-order valence-electron chi connectivity index (χ1n) is 6.84. The zero-order valence-electron chi connectivity index (χ0n) is 11.9. The minimum atomic E-state index is -0.527. The highest BCUT2D eigenvalue weighted by atomic mass is 16.5. The van der Waals surface area contributed by atoms with Gasteiger partial charge in [-0.3, -0.25) is 9.78 Å². The number of primary amides is 1. The van der Waals surface area contributed by atoms with Gasteiger partial charge in [0, 0.05) is 24.0 Å². The monoisotopic (exact) mass is 285 g/mol. The summed E-state index contributed by atoms with van der Waals surface area (Å²) in [6.07, 6.45) is 3.75. The van der Waals surface area contributed by atoms with E-state index in [-0.39, 0.29) is 12.1 Å². The molecule has 2 aromatic rings. The molecule has 1 amide bonds. The van der Waals surface area contributed by atoms with Crippen molar-refractivity contribution >= 4 is 5.91 Å². The lowest BCUT2D eigenvalue weighted by atomic mass is 10.0. The van der Waals surface area contributed by atoms with Gasteiger partial charge in [0.25, 0.3) is 5.91 Å². The Balaban J connectivity index is 2.34. The van der Waals surface area contributed by atoms with E-state index >= 15 is 0 Å². The fraction of sp³-hybridized carbons (Fsp3) is 0.250. The molecule has 2 atom stereocenters. The molecule has 4 N–H and O–H groups in total. The maximum absolute atomic E-state index is 11.5. The second-order valence-corrected chi connectivity index (χ2v) is 4.76. The van der Waals surface area contributed by atoms with Crippen LogP contribution in [-0.2, 0) is 0 Å². The molecule has 2 unspecified atom stereocenters. The molecule has 0 radical (unpaired) electrons. The van der Waals surface area contributed by atoms with Crippen LogP contribution in [0.1, 0.15) is 35.4 Å². The average molecular weight is 285 g/mol. The smallest absolute Gasteiger partial charge is 0.252 e. The van der Waals surface area contributed by atoms with Gasteiger partial charge in [-0.1, -0.05) is 25.1 Å². The molecule has 110 valence electrons. The van der Waals surface area contributed by atoms with Crippen molar-refractivity contribution in [3.63, 3.8) is 0 Å². The maximum Gasteiger partial charge on any atom is 0.252 e. The third kappa shape index (κ3) is 3.58. The predicted molar refractivity (Wildman–Crippen MR) is 80.8 cm³/mol. The summed E-state index contributed by atoms with van der Waals surface area (Å²) in [5.41, 5.74) is 12.7. The van der Waals surface area contributed by atoms with Gasteiger partial charge < -0.3 is 16.2 Å². The van der Waals surface area contributed by atoms with E-state index in [1.54, 1.807) is 36.7 Å². The van der Waals surface area contributed by atoms with Crippen molar-refractivity contribution in [3.8, 4) is 5.75 Å². The Kier molecular flexibility index (Phi) is 4.90. The Morgan fingerprint density at radius 3 is 2.67 bits per heavy atom. The summed E-state index contributed by atoms with van der Waals surface area (Å²) in [4.78, 5) is 15.6. The molecular formula is C16H19N3O2. The van der Waals surface area contributed by atoms with Gasteiger partial charge in [-0.2, -0.15) is 0 Å². The third-order valence-corrected chi connectivity index (χ3v) is 3.28. The van der Waals surface area contributed by atoms with Gasteiger partial charge in [0.15, 0.2) is 0 Å². The first kappa shape index (κ1) is 15.0. The van der Waals surface area contributed by atoms with E-state index in [1.807, 2.05) is 19.1 Å². The lowest BCUT2D eigenvalue weighted by Gasteiger charge is -2.25. The number of amides is 1. The minimum absolute atomic E-state index is 0.213. The summed E-state index contributed by atoms with van der Waals surface area (Å²) >= 11 is 0. The van der Waals surface area contributed by atoms with Crippen molar-refractivity contribution in [1.29, 1.82) is 0 Å². The van der Waals surface area contributed by atoms with Crippen molar-refractivity contribution in [2.24, 2.45) is 11.5 Å². The quantitative estimate of drug-likeness (QED) is 0.849. The molecule has 0 aliphatic carbocycles. The van der Waals surface area contributed by atoms with Crippen LogP contribution in [0, 0.1) is 0 Å². The minimum Gasteiger partial charge on any atom is -0.483 e. The number of para-hydroxylation sites is 1. The first-order chi connectivity index (χ1) is 10.1. The van der Waals surface area contributed by atoms with Crippen molar-refractivity contribution in [2.75, 3.05) is 0 Å². The van der Waals surface area contributed by atoms with Gasteiger partial charge in [0.05, 0.1) is 5.56 Å². The van der Waals surface area contributed by atoms with E-state index in [9.17, 15) is 4.79 Å². The Morgan fingerprint density at radius 2 is 2.05 bits per heavy atom. The predicted octanol–water partition coefficient (Wildman–Crippen LogP) is 2.04. The second kappa shape index (κ2) is 6.85. The maximum atomic E-state index is 11.5. The molecule has 1 heterocycles. The summed E-state index contributed by atoms with van der Waals surface area (Å²) in [7, 11) is 0. The van der Waals surface area contributed by atoms with Crippen molar-refractivity contribution in [3.05, 3.63) is 59.9 Å². The van der Waals surface area contributed by atoms with E-state index in [1.165, 1.54) is 0 Å². The number of carbonyl (C=O) groups excluding carboxylic acids is 1. The van der Waals surface area contributed by atoms with Crippen molar-refractivity contribution in [1.82, 2.24) is 4.98 Å². The highest BCUT2D eigenvalue weighted by molar-refractivity contribution is 5.95. The summed E-state index contributed by atoms with van der Waals surface area (Å²) < 4.78 is 5.98. The molecule has 1 aromatic carbocycles. The van der Waals surface area contributed by atoms with Crippen LogP contribution in [0.4, 0.5) is 0 Å². The number of nitrogens with two attached hydrogens (primary N) is 2. The lowest BCUT2D eigenvalue weighted by molar-refractivity contribution is 0.0989. The Hall–Kier alpha value is -2.40. The number of carbonyl (C=O) groups is 1. The molecule has 0 aliphatic heterocycles. The zero-order chi connectivity index (χ0) is 15.2. The van der Waals surface area contributed by atoms with E-state index < -0.39 is 5.91 Å². The number of hydrogen-bond donors (Lipinski definition) is 2. The molecule has 0 bridgehead atoms. The summed E-state index contributed by atoms with van der Waals surface area (Å²) in [6, 6.07) is 10.4. The zero-order valence-corrected chi connectivity index (χ0v) is 11.9. The van der Waals surface area contributed by atoms with E-state index in [4.69, 9.17) is 16.2 Å². The number of aromatic nitrogens is 1. The highest BCUT2D eigenvalue weighted by Gasteiger charge is 2.22. The van der Waals surface area contributed by atoms with Crippen molar-refractivity contribution in [2.45, 2.75) is 25.5 Å². The second-order valence-electron chi connectivity index (χ2n) is 4.76. The van der Waals surface area contributed by atoms with Crippen LogP contribution in [0.3, 0.4) is 0 Å². The van der Waals surface area contributed by atoms with E-state index in [2.05, 4.69) is 4.98 Å². The normalized spacial score (nSPS) is 13.4. The standard InChI is InChI=1S/C16H19N3O2/c1-2-13(17)15(11-6-5-9-19-10-11)21-14-8-4-3-7-12(14)16(18)20/h3-10,13,15H,2,17H2,1H3,(H2,18,20). The molecule has 5 nitrogen and oxygen atoms in total. The summed E-state index contributed by atoms with van der Waals surface area (Å²) in [5, 5.41) is 0. The molecule has 0 saturated heterocycles. The van der Waals surface area contributed by atoms with Crippen LogP contribution < -0.4 is 16.2 Å². The van der Waals surface area contributed by atoms with Gasteiger partial charge in [0.1, 0.15) is 11.9 Å². The molecule has 2 rings (SSSR count). The van der Waals surface area contributed by atoms with Crippen LogP contribution in [0.2, 0.25) is 0 Å². The van der Waals surface area contributed by atoms with Gasteiger partial charge in [-0.05, 0) is 24.6 Å². The third-order valence-electron chi connectivity index (χ3n) is 3.28. The van der Waals surface area contributed by atoms with Crippen LogP contribution in [-0.4, -0.2) is 16.9 Å². The number of hydrogen-bond acceptors (Lipinski definition) is 4. The molecule has 5 heteroatoms. The molecule has 0 spiro atoms. The van der Waals surface area contributed by atoms with Gasteiger partial charge in [-0.15, -0.1) is 0 Å². The number of nitrogens with zero attached hydrogens (tertiary/aromatic N) is 1. The molecule has 1 aromatic heterocycles. The van der Waals surface area contributed by atoms with E-state index in [0.29, 0.717) is 11.3 Å². The van der Waals surface area contributed by atoms with Crippen molar-refractivity contribution < 1.29 is 9.53 Å². The first-order valence-corrected chi connectivity index (χ1v) is 6.84. The largest absolute Gasteiger partial charge is 0.483 e. The van der Waals surface area contributed by atoms with Gasteiger partial charge in [0.2, 0.25) is 0 Å². The molecule has 0 saturated carbocycles. The Morgan fingerprint density at radius 1 is 1.29 bits per heavy atom. The molecule has 0 aliphatic rings. The average Bonchev–Trinajstić information content (AvgIpc) is 2.53. The van der Waals surface area contributed by atoms with Gasteiger partial charge in [-0.25, -0.2) is 0 Å². The fourth-order valence-corrected chi connectivity index (χ4v) is 2.07. The summed E-state index contributed by atoms with van der Waals surface area (Å²) in [5.74, 6) is -0.0941. The lowest BCUT2D eigenvalue weighted by Crippen LogP contribution is -2.32. The van der Waals surface area contributed by atoms with Crippen LogP contribution in [0.25, 0.3) is 0 Å². The van der Waals surface area contributed by atoms with Gasteiger partial charge >= 0.3 is 0 Å². The molecular weight excluding hydrogens is 266 g/mol. The number of benzene rings is 1. The van der Waals surface area contributed by atoms with E-state index in [0.717, 1.165) is 12.0 Å². The van der Waals surface area contributed by atoms with Crippen LogP contribution in [0.15, 0.2) is 48.8 Å². The number of pyridine rings is 1. The summed E-state index contributed by atoms with van der Waals surface area (Å²) in [6.45, 7) is 1.98. The fourth-order valence-electron chi connectivity index (χ4n) is 2.07. The number of rotatable bonds is 6. The molecule has 21 heavy (non-hydrogen) atoms. The topological polar surface area (TPSA) is 91.2 Å². The Labute approximate surface area is 123 Å². The number of ether oxygens (including phenoxy) is 1.